The zero-order valence-corrected chi connectivity index (χ0v) is 14.6. The van der Waals surface area contributed by atoms with E-state index in [1.807, 2.05) is 36.4 Å². The van der Waals surface area contributed by atoms with Crippen molar-refractivity contribution in [2.24, 2.45) is 0 Å². The van der Waals surface area contributed by atoms with Gasteiger partial charge in [-0.2, -0.15) is 0 Å². The second-order valence-electron chi connectivity index (χ2n) is 6.95. The first-order chi connectivity index (χ1) is 12.3. The maximum absolute atomic E-state index is 13.1. The van der Waals surface area contributed by atoms with Crippen LogP contribution in [-0.2, 0) is 4.74 Å². The Balaban J connectivity index is 1.52. The number of piperidine rings is 1. The third kappa shape index (κ3) is 3.67. The Labute approximate surface area is 148 Å². The van der Waals surface area contributed by atoms with E-state index in [2.05, 4.69) is 14.8 Å². The van der Waals surface area contributed by atoms with Crippen molar-refractivity contribution in [2.75, 3.05) is 39.4 Å². The van der Waals surface area contributed by atoms with Gasteiger partial charge in [-0.1, -0.05) is 24.3 Å². The van der Waals surface area contributed by atoms with Crippen LogP contribution in [0.4, 0.5) is 0 Å². The molecule has 1 aromatic carbocycles. The van der Waals surface area contributed by atoms with Crippen LogP contribution in [0.5, 0.6) is 0 Å². The van der Waals surface area contributed by atoms with E-state index in [0.29, 0.717) is 5.69 Å². The number of aromatic nitrogens is 1. The van der Waals surface area contributed by atoms with Gasteiger partial charge in [0.05, 0.1) is 18.7 Å². The molecule has 2 aliphatic rings. The highest BCUT2D eigenvalue weighted by Gasteiger charge is 2.30. The molecule has 132 valence electrons. The summed E-state index contributed by atoms with van der Waals surface area (Å²) in [5.74, 6) is 0.0729. The molecule has 0 N–H and O–H groups in total. The summed E-state index contributed by atoms with van der Waals surface area (Å²) in [4.78, 5) is 22.2. The van der Waals surface area contributed by atoms with E-state index < -0.39 is 0 Å². The largest absolute Gasteiger partial charge is 0.379 e. The summed E-state index contributed by atoms with van der Waals surface area (Å²) in [5, 5.41) is 1.07. The number of hydrogen-bond donors (Lipinski definition) is 0. The topological polar surface area (TPSA) is 45.7 Å². The van der Waals surface area contributed by atoms with E-state index in [0.717, 1.165) is 63.1 Å². The molecule has 0 saturated carbocycles. The lowest BCUT2D eigenvalue weighted by atomic mass is 10.0. The van der Waals surface area contributed by atoms with Crippen molar-refractivity contribution in [1.29, 1.82) is 0 Å². The number of morpholine rings is 1. The van der Waals surface area contributed by atoms with Gasteiger partial charge in [0.15, 0.2) is 0 Å². The van der Waals surface area contributed by atoms with Gasteiger partial charge in [0.2, 0.25) is 0 Å². The van der Waals surface area contributed by atoms with Gasteiger partial charge >= 0.3 is 0 Å². The Hall–Kier alpha value is -1.98. The van der Waals surface area contributed by atoms with Crippen molar-refractivity contribution < 1.29 is 9.53 Å². The number of hydrogen-bond acceptors (Lipinski definition) is 4. The first kappa shape index (κ1) is 16.5. The zero-order valence-electron chi connectivity index (χ0n) is 14.6. The van der Waals surface area contributed by atoms with Crippen molar-refractivity contribution in [3.63, 3.8) is 0 Å². The third-order valence-electron chi connectivity index (χ3n) is 5.28. The summed E-state index contributed by atoms with van der Waals surface area (Å²) in [6.07, 6.45) is 3.36. The SMILES string of the molecule is O=C(c1ccc2ccccc2n1)N1CCCCC1CN1CCOCC1. The molecule has 4 rings (SSSR count). The molecule has 0 radical (unpaired) electrons. The second kappa shape index (κ2) is 7.50. The number of para-hydroxylation sites is 1. The fraction of sp³-hybridized carbons (Fsp3) is 0.500. The summed E-state index contributed by atoms with van der Waals surface area (Å²) in [5.41, 5.74) is 1.45. The number of ether oxygens (including phenoxy) is 1. The molecule has 0 spiro atoms. The smallest absolute Gasteiger partial charge is 0.272 e. The molecule has 2 saturated heterocycles. The van der Waals surface area contributed by atoms with Crippen LogP contribution in [0.25, 0.3) is 10.9 Å². The molecule has 1 aromatic heterocycles. The van der Waals surface area contributed by atoms with Gasteiger partial charge in [-0.15, -0.1) is 0 Å². The Bertz CT molecular complexity index is 743. The van der Waals surface area contributed by atoms with Crippen LogP contribution in [0.3, 0.4) is 0 Å². The fourth-order valence-electron chi connectivity index (χ4n) is 3.87. The number of carbonyl (C=O) groups is 1. The summed E-state index contributed by atoms with van der Waals surface area (Å²) >= 11 is 0. The second-order valence-corrected chi connectivity index (χ2v) is 6.95. The molecular weight excluding hydrogens is 314 g/mol. The van der Waals surface area contributed by atoms with Crippen LogP contribution >= 0.6 is 0 Å². The molecule has 3 heterocycles. The predicted molar refractivity (Wildman–Crippen MR) is 97.7 cm³/mol. The van der Waals surface area contributed by atoms with E-state index in [1.165, 1.54) is 6.42 Å². The number of carbonyl (C=O) groups excluding carboxylic acids is 1. The minimum absolute atomic E-state index is 0.0729. The summed E-state index contributed by atoms with van der Waals surface area (Å²) in [7, 11) is 0. The normalized spacial score (nSPS) is 22.2. The molecule has 2 aliphatic heterocycles. The molecule has 2 fully saturated rings. The van der Waals surface area contributed by atoms with E-state index >= 15 is 0 Å². The summed E-state index contributed by atoms with van der Waals surface area (Å²) in [6.45, 7) is 5.31. The minimum Gasteiger partial charge on any atom is -0.379 e. The number of benzene rings is 1. The van der Waals surface area contributed by atoms with E-state index in [-0.39, 0.29) is 11.9 Å². The number of amides is 1. The van der Waals surface area contributed by atoms with E-state index in [1.54, 1.807) is 0 Å². The molecule has 0 aliphatic carbocycles. The Morgan fingerprint density at radius 2 is 1.92 bits per heavy atom. The summed E-state index contributed by atoms with van der Waals surface area (Å²) < 4.78 is 5.44. The average Bonchev–Trinajstić information content (AvgIpc) is 2.68. The number of pyridine rings is 1. The Morgan fingerprint density at radius 3 is 2.80 bits per heavy atom. The Morgan fingerprint density at radius 1 is 1.08 bits per heavy atom. The van der Waals surface area contributed by atoms with Crippen LogP contribution in [0.2, 0.25) is 0 Å². The first-order valence-corrected chi connectivity index (χ1v) is 9.28. The van der Waals surface area contributed by atoms with Gasteiger partial charge in [-0.05, 0) is 31.4 Å². The van der Waals surface area contributed by atoms with Crippen LogP contribution < -0.4 is 0 Å². The highest BCUT2D eigenvalue weighted by atomic mass is 16.5. The van der Waals surface area contributed by atoms with Gasteiger partial charge in [-0.3, -0.25) is 9.69 Å². The standard InChI is InChI=1S/C20H25N3O2/c24-20(19-9-8-16-5-1-2-7-18(16)21-19)23-10-4-3-6-17(23)15-22-11-13-25-14-12-22/h1-2,5,7-9,17H,3-4,6,10-15H2. The third-order valence-corrected chi connectivity index (χ3v) is 5.28. The maximum atomic E-state index is 13.1. The van der Waals surface area contributed by atoms with Crippen LogP contribution in [0.1, 0.15) is 29.8 Å². The minimum atomic E-state index is 0.0729. The highest BCUT2D eigenvalue weighted by molar-refractivity contribution is 5.95. The van der Waals surface area contributed by atoms with Crippen molar-refractivity contribution in [3.05, 3.63) is 42.1 Å². The van der Waals surface area contributed by atoms with Crippen LogP contribution in [0, 0.1) is 0 Å². The predicted octanol–water partition coefficient (Wildman–Crippen LogP) is 2.56. The van der Waals surface area contributed by atoms with Gasteiger partial charge < -0.3 is 9.64 Å². The fourth-order valence-corrected chi connectivity index (χ4v) is 3.87. The van der Waals surface area contributed by atoms with Crippen molar-refractivity contribution >= 4 is 16.8 Å². The lowest BCUT2D eigenvalue weighted by molar-refractivity contribution is 0.0165. The monoisotopic (exact) mass is 339 g/mol. The zero-order chi connectivity index (χ0) is 17.1. The highest BCUT2D eigenvalue weighted by Crippen LogP contribution is 2.21. The number of nitrogens with zero attached hydrogens (tertiary/aromatic N) is 3. The lowest BCUT2D eigenvalue weighted by Crippen LogP contribution is -2.51. The Kier molecular flexibility index (Phi) is 4.95. The molecule has 25 heavy (non-hydrogen) atoms. The van der Waals surface area contributed by atoms with Gasteiger partial charge in [0.1, 0.15) is 5.69 Å². The van der Waals surface area contributed by atoms with Crippen molar-refractivity contribution in [3.8, 4) is 0 Å². The van der Waals surface area contributed by atoms with Gasteiger partial charge in [-0.25, -0.2) is 4.98 Å². The number of rotatable bonds is 3. The number of fused-ring (bicyclic) bond motifs is 1. The molecule has 0 bridgehead atoms. The quantitative estimate of drug-likeness (QED) is 0.862. The molecule has 1 amide bonds. The molecule has 1 unspecified atom stereocenters. The van der Waals surface area contributed by atoms with E-state index in [9.17, 15) is 4.79 Å². The van der Waals surface area contributed by atoms with Crippen molar-refractivity contribution in [2.45, 2.75) is 25.3 Å². The molecule has 1 atom stereocenters. The van der Waals surface area contributed by atoms with Crippen LogP contribution in [-0.4, -0.2) is 66.1 Å². The maximum Gasteiger partial charge on any atom is 0.272 e. The molecular formula is C20H25N3O2. The molecule has 5 nitrogen and oxygen atoms in total. The van der Waals surface area contributed by atoms with Crippen molar-refractivity contribution in [1.82, 2.24) is 14.8 Å². The first-order valence-electron chi connectivity index (χ1n) is 9.28. The van der Waals surface area contributed by atoms with Crippen LogP contribution in [0.15, 0.2) is 36.4 Å². The van der Waals surface area contributed by atoms with Gasteiger partial charge in [0, 0.05) is 37.6 Å². The molecule has 5 heteroatoms. The van der Waals surface area contributed by atoms with Gasteiger partial charge in [0.25, 0.3) is 5.91 Å². The van der Waals surface area contributed by atoms with E-state index in [4.69, 9.17) is 4.74 Å². The molecule has 2 aromatic rings. The number of likely N-dealkylation sites (tertiary alicyclic amines) is 1. The summed E-state index contributed by atoms with van der Waals surface area (Å²) in [6, 6.07) is 12.1. The average molecular weight is 339 g/mol. The lowest BCUT2D eigenvalue weighted by Gasteiger charge is -2.39.